The number of nitrogens with zero attached hydrogens (tertiary/aromatic N) is 1. The molecule has 0 spiro atoms. The number of carbonyl (C=O) groups is 2. The molecule has 0 radical (unpaired) electrons. The van der Waals surface area contributed by atoms with E-state index in [2.05, 4.69) is 14.6 Å². The summed E-state index contributed by atoms with van der Waals surface area (Å²) in [6.07, 6.45) is 3.68. The molecule has 3 N–H and O–H groups in total. The van der Waals surface area contributed by atoms with Crippen molar-refractivity contribution in [1.82, 2.24) is 9.62 Å². The smallest absolute Gasteiger partial charge is 0.338 e. The number of fused-ring (bicyclic) bond motifs is 3. The molecule has 1 aromatic heterocycles. The number of aromatic amines is 1. The van der Waals surface area contributed by atoms with E-state index in [0.717, 1.165) is 32.0 Å². The Morgan fingerprint density at radius 2 is 1.62 bits per heavy atom. The molecule has 4 aromatic rings. The van der Waals surface area contributed by atoms with Crippen LogP contribution in [0.2, 0.25) is 10.0 Å². The molecule has 2 unspecified atom stereocenters. The van der Waals surface area contributed by atoms with Gasteiger partial charge in [-0.1, -0.05) is 41.4 Å². The van der Waals surface area contributed by atoms with E-state index in [1.807, 2.05) is 0 Å². The van der Waals surface area contributed by atoms with Crippen molar-refractivity contribution in [3.63, 3.8) is 0 Å². The van der Waals surface area contributed by atoms with Crippen LogP contribution in [0.3, 0.4) is 0 Å². The number of hydrogen-bond acceptors (Lipinski definition) is 10. The number of piperidine rings is 3. The fourth-order valence-corrected chi connectivity index (χ4v) is 8.23. The quantitative estimate of drug-likeness (QED) is 0.169. The Morgan fingerprint density at radius 3 is 2.23 bits per heavy atom. The second-order valence-electron chi connectivity index (χ2n) is 12.6. The Kier molecular flexibility index (Phi) is 13.0. The zero-order valence-electron chi connectivity index (χ0n) is 28.8. The predicted molar refractivity (Wildman–Crippen MR) is 191 cm³/mol. The number of pyridine rings is 1. The van der Waals surface area contributed by atoms with Crippen LogP contribution >= 0.6 is 23.2 Å². The lowest BCUT2D eigenvalue weighted by molar-refractivity contribution is -0.377. The standard InChI is InChI=1S/C37H36Cl2FN3O8S.H2O/c1-48-31-11-8-24(17-33(31)49-2)32(18-28-29(38)19-41-20-30(28)39)50-36(44)23-6-9-27(10-7-23)52(46,47)42-35(25-4-3-5-26(40)16-25)37(45)51-34-21-43-14-12-22(34)13-15-43;/h3-11,16-17,19-20,22,32,34-35,42H,12-15,18,21H2,1-2H3;1H2/t32?,34-,35?;/m0./s1. The number of H-pyrrole nitrogens is 1. The van der Waals surface area contributed by atoms with Crippen LogP contribution < -0.4 is 19.2 Å². The molecule has 3 aliphatic heterocycles. The maximum atomic E-state index is 14.3. The number of halogens is 3. The average molecular weight is 791 g/mol. The molecule has 3 aromatic carbocycles. The van der Waals surface area contributed by atoms with Crippen LogP contribution in [-0.4, -0.2) is 70.7 Å². The number of hydrogen-bond donors (Lipinski definition) is 1. The van der Waals surface area contributed by atoms with Gasteiger partial charge in [-0.2, -0.15) is 4.72 Å². The SMILES string of the molecule is COc1ccc(C(Cc2c(Cl)c[nH+]cc2Cl)OC(=O)c2ccc(S(=O)(=O)NC(C(=O)O[C@H]3CN4CCC3CC4)c3cccc(F)c3)cc2)cc1OC.[OH-]. The van der Waals surface area contributed by atoms with Crippen LogP contribution in [0.25, 0.3) is 0 Å². The molecule has 0 aliphatic carbocycles. The Balaban J connectivity index is 0.00000541. The third-order valence-corrected chi connectivity index (χ3v) is 11.5. The highest BCUT2D eigenvalue weighted by molar-refractivity contribution is 7.89. The largest absolute Gasteiger partial charge is 0.870 e. The molecule has 16 heteroatoms. The number of carbonyl (C=O) groups excluding carboxylic acids is 2. The molecule has 4 heterocycles. The molecule has 3 atom stereocenters. The van der Waals surface area contributed by atoms with Crippen LogP contribution in [-0.2, 0) is 30.7 Å². The highest BCUT2D eigenvalue weighted by atomic mass is 35.5. The van der Waals surface area contributed by atoms with Gasteiger partial charge in [-0.05, 0) is 91.5 Å². The summed E-state index contributed by atoms with van der Waals surface area (Å²) in [5.74, 6) is -1.17. The van der Waals surface area contributed by atoms with Gasteiger partial charge in [-0.25, -0.2) is 27.4 Å². The van der Waals surface area contributed by atoms with Crippen molar-refractivity contribution in [3.05, 3.63) is 117 Å². The molecule has 3 saturated heterocycles. The van der Waals surface area contributed by atoms with Gasteiger partial charge in [-0.15, -0.1) is 0 Å². The summed E-state index contributed by atoms with van der Waals surface area (Å²) in [4.78, 5) is 31.9. The van der Waals surface area contributed by atoms with Gasteiger partial charge in [0.1, 0.15) is 34.1 Å². The van der Waals surface area contributed by atoms with E-state index in [1.165, 1.54) is 56.7 Å². The molecule has 7 rings (SSSR count). The first kappa shape index (κ1) is 39.9. The Morgan fingerprint density at radius 1 is 0.943 bits per heavy atom. The number of esters is 2. The summed E-state index contributed by atoms with van der Waals surface area (Å²) in [6.45, 7) is 2.41. The van der Waals surface area contributed by atoms with Gasteiger partial charge in [0, 0.05) is 18.5 Å². The number of benzene rings is 3. The van der Waals surface area contributed by atoms with Crippen LogP contribution in [0.15, 0.2) is 84.0 Å². The van der Waals surface area contributed by atoms with Gasteiger partial charge in [-0.3, -0.25) is 4.90 Å². The molecule has 3 fully saturated rings. The molecule has 0 saturated carbocycles. The molecule has 53 heavy (non-hydrogen) atoms. The van der Waals surface area contributed by atoms with E-state index >= 15 is 0 Å². The highest BCUT2D eigenvalue weighted by Crippen LogP contribution is 2.36. The third-order valence-electron chi connectivity index (χ3n) is 9.37. The molecule has 3 aliphatic rings. The Labute approximate surface area is 316 Å². The highest BCUT2D eigenvalue weighted by Gasteiger charge is 2.39. The first-order valence-corrected chi connectivity index (χ1v) is 18.8. The second kappa shape index (κ2) is 17.2. The summed E-state index contributed by atoms with van der Waals surface area (Å²) in [5.41, 5.74) is 1.23. The summed E-state index contributed by atoms with van der Waals surface area (Å²) in [6, 6.07) is 13.7. The maximum absolute atomic E-state index is 14.3. The number of ether oxygens (including phenoxy) is 4. The Hall–Kier alpha value is -4.31. The molecule has 0 amide bonds. The summed E-state index contributed by atoms with van der Waals surface area (Å²) < 4.78 is 66.6. The molecular weight excluding hydrogens is 752 g/mol. The minimum Gasteiger partial charge on any atom is -0.870 e. The molecular formula is C37H38Cl2FN3O9S. The first-order chi connectivity index (χ1) is 24.9. The van der Waals surface area contributed by atoms with E-state index < -0.39 is 46.0 Å². The lowest BCUT2D eigenvalue weighted by atomic mass is 9.86. The van der Waals surface area contributed by atoms with Crippen molar-refractivity contribution in [2.45, 2.75) is 42.4 Å². The third kappa shape index (κ3) is 9.26. The summed E-state index contributed by atoms with van der Waals surface area (Å²) in [5, 5.41) is 0.667. The minimum atomic E-state index is -4.38. The molecule has 2 bridgehead atoms. The van der Waals surface area contributed by atoms with Crippen LogP contribution in [0.5, 0.6) is 11.5 Å². The van der Waals surface area contributed by atoms with Gasteiger partial charge in [0.05, 0.1) is 24.7 Å². The van der Waals surface area contributed by atoms with Crippen molar-refractivity contribution >= 4 is 45.2 Å². The maximum Gasteiger partial charge on any atom is 0.338 e. The summed E-state index contributed by atoms with van der Waals surface area (Å²) in [7, 11) is -1.40. The van der Waals surface area contributed by atoms with Crippen molar-refractivity contribution in [3.8, 4) is 11.5 Å². The van der Waals surface area contributed by atoms with Crippen molar-refractivity contribution in [1.29, 1.82) is 0 Å². The second-order valence-corrected chi connectivity index (χ2v) is 15.1. The zero-order chi connectivity index (χ0) is 37.0. The van der Waals surface area contributed by atoms with E-state index in [4.69, 9.17) is 42.1 Å². The Bertz CT molecular complexity index is 2030. The normalized spacial score (nSPS) is 19.0. The van der Waals surface area contributed by atoms with Gasteiger partial charge in [0.2, 0.25) is 10.0 Å². The molecule has 12 nitrogen and oxygen atoms in total. The van der Waals surface area contributed by atoms with Gasteiger partial charge in [0.15, 0.2) is 23.9 Å². The lowest BCUT2D eigenvalue weighted by Gasteiger charge is -2.44. The monoisotopic (exact) mass is 789 g/mol. The fourth-order valence-electron chi connectivity index (χ4n) is 6.53. The number of rotatable bonds is 13. The minimum absolute atomic E-state index is 0. The zero-order valence-corrected chi connectivity index (χ0v) is 31.1. The topological polar surface area (TPSA) is 165 Å². The van der Waals surface area contributed by atoms with E-state index in [9.17, 15) is 22.4 Å². The van der Waals surface area contributed by atoms with Crippen molar-refractivity contribution in [2.24, 2.45) is 5.92 Å². The van der Waals surface area contributed by atoms with Crippen molar-refractivity contribution in [2.75, 3.05) is 33.9 Å². The first-order valence-electron chi connectivity index (χ1n) is 16.5. The van der Waals surface area contributed by atoms with Gasteiger partial charge < -0.3 is 24.4 Å². The lowest BCUT2D eigenvalue weighted by Crippen LogP contribution is -2.52. The predicted octanol–water partition coefficient (Wildman–Crippen LogP) is 5.58. The van der Waals surface area contributed by atoms with E-state index in [0.29, 0.717) is 39.2 Å². The number of methoxy groups -OCH3 is 2. The van der Waals surface area contributed by atoms with Crippen LogP contribution in [0.4, 0.5) is 4.39 Å². The van der Waals surface area contributed by atoms with Crippen molar-refractivity contribution < 1.29 is 51.8 Å². The average Bonchev–Trinajstić information content (AvgIpc) is 3.15. The van der Waals surface area contributed by atoms with Crippen LogP contribution in [0.1, 0.15) is 52.0 Å². The van der Waals surface area contributed by atoms with Gasteiger partial charge in [0.25, 0.3) is 0 Å². The summed E-state index contributed by atoms with van der Waals surface area (Å²) >= 11 is 12.9. The van der Waals surface area contributed by atoms with Crippen LogP contribution in [0, 0.1) is 11.7 Å². The fraction of sp³-hybridized carbons (Fsp3) is 0.324. The number of sulfonamides is 1. The van der Waals surface area contributed by atoms with E-state index in [-0.39, 0.29) is 33.8 Å². The number of nitrogens with one attached hydrogen (secondary N) is 2. The van der Waals surface area contributed by atoms with Gasteiger partial charge >= 0.3 is 11.9 Å². The van der Waals surface area contributed by atoms with E-state index in [1.54, 1.807) is 30.6 Å². The molecule has 282 valence electrons. The number of aromatic nitrogens is 1.